The highest BCUT2D eigenvalue weighted by Gasteiger charge is 2.10. The number of ether oxygens (including phenoxy) is 1. The zero-order valence-corrected chi connectivity index (χ0v) is 12.7. The molecule has 0 bridgehead atoms. The molecule has 0 saturated heterocycles. The molecule has 0 saturated carbocycles. The second-order valence-electron chi connectivity index (χ2n) is 4.87. The Hall–Kier alpha value is -1.39. The van der Waals surface area contributed by atoms with E-state index in [1.165, 1.54) is 10.4 Å². The van der Waals surface area contributed by atoms with Crippen LogP contribution in [0.4, 0.5) is 0 Å². The molecular weight excluding hydrogens is 256 g/mol. The molecule has 0 aliphatic heterocycles. The van der Waals surface area contributed by atoms with Crippen LogP contribution < -0.4 is 10.5 Å². The first-order valence-corrected chi connectivity index (χ1v) is 7.21. The molecule has 2 rings (SSSR count). The van der Waals surface area contributed by atoms with Crippen LogP contribution in [0.25, 0.3) is 0 Å². The third kappa shape index (κ3) is 3.33. The maximum Gasteiger partial charge on any atom is 0.140 e. The van der Waals surface area contributed by atoms with Crippen molar-refractivity contribution >= 4 is 11.3 Å². The summed E-state index contributed by atoms with van der Waals surface area (Å²) < 4.78 is 5.88. The molecule has 0 aliphatic carbocycles. The minimum absolute atomic E-state index is 0.0327. The number of hydrogen-bond donors (Lipinski definition) is 1. The first-order chi connectivity index (χ1) is 8.97. The summed E-state index contributed by atoms with van der Waals surface area (Å²) >= 11 is 1.68. The largest absolute Gasteiger partial charge is 0.486 e. The van der Waals surface area contributed by atoms with Crippen molar-refractivity contribution in [2.24, 2.45) is 5.73 Å². The summed E-state index contributed by atoms with van der Waals surface area (Å²) in [6.07, 6.45) is 0. The Morgan fingerprint density at radius 1 is 1.32 bits per heavy atom. The molecular formula is C15H20N2OS. The fourth-order valence-corrected chi connectivity index (χ4v) is 2.74. The number of nitrogens with two attached hydrogens (primary N) is 1. The molecule has 2 N–H and O–H groups in total. The van der Waals surface area contributed by atoms with Crippen LogP contribution >= 0.6 is 11.3 Å². The average molecular weight is 276 g/mol. The summed E-state index contributed by atoms with van der Waals surface area (Å²) in [5.74, 6) is 0.853. The Labute approximate surface area is 118 Å². The summed E-state index contributed by atoms with van der Waals surface area (Å²) in [6, 6.07) is 6.08. The lowest BCUT2D eigenvalue weighted by atomic mass is 10.1. The quantitative estimate of drug-likeness (QED) is 0.927. The van der Waals surface area contributed by atoms with Gasteiger partial charge in [-0.2, -0.15) is 0 Å². The van der Waals surface area contributed by atoms with Gasteiger partial charge in [-0.1, -0.05) is 17.7 Å². The van der Waals surface area contributed by atoms with Crippen molar-refractivity contribution in [3.05, 3.63) is 44.9 Å². The second-order valence-corrected chi connectivity index (χ2v) is 6.16. The van der Waals surface area contributed by atoms with E-state index in [0.717, 1.165) is 22.0 Å². The van der Waals surface area contributed by atoms with Crippen LogP contribution in [0.3, 0.4) is 0 Å². The predicted molar refractivity (Wildman–Crippen MR) is 79.7 cm³/mol. The van der Waals surface area contributed by atoms with Gasteiger partial charge in [0, 0.05) is 16.5 Å². The Morgan fingerprint density at radius 2 is 2.05 bits per heavy atom. The zero-order chi connectivity index (χ0) is 14.0. The number of benzene rings is 1. The van der Waals surface area contributed by atoms with Gasteiger partial charge in [-0.25, -0.2) is 4.98 Å². The Morgan fingerprint density at radius 3 is 2.63 bits per heavy atom. The Kier molecular flexibility index (Phi) is 4.22. The highest BCUT2D eigenvalue weighted by molar-refractivity contribution is 7.11. The van der Waals surface area contributed by atoms with E-state index in [0.29, 0.717) is 6.61 Å². The molecule has 0 amide bonds. The number of thiazole rings is 1. The van der Waals surface area contributed by atoms with Gasteiger partial charge in [0.05, 0.1) is 5.69 Å². The second kappa shape index (κ2) is 5.72. The lowest BCUT2D eigenvalue weighted by Crippen LogP contribution is -2.08. The number of aryl methyl sites for hydroxylation is 3. The van der Waals surface area contributed by atoms with Crippen molar-refractivity contribution in [3.63, 3.8) is 0 Å². The van der Waals surface area contributed by atoms with E-state index in [9.17, 15) is 0 Å². The van der Waals surface area contributed by atoms with Gasteiger partial charge in [0.1, 0.15) is 17.4 Å². The summed E-state index contributed by atoms with van der Waals surface area (Å²) in [4.78, 5) is 5.72. The fraction of sp³-hybridized carbons (Fsp3) is 0.400. The van der Waals surface area contributed by atoms with Crippen LogP contribution in [0.15, 0.2) is 18.2 Å². The van der Waals surface area contributed by atoms with Crippen molar-refractivity contribution in [1.29, 1.82) is 0 Å². The molecule has 1 aromatic heterocycles. The number of hydrogen-bond acceptors (Lipinski definition) is 4. The van der Waals surface area contributed by atoms with E-state index in [1.54, 1.807) is 11.3 Å². The molecule has 0 fully saturated rings. The average Bonchev–Trinajstić information content (AvgIpc) is 2.67. The smallest absolute Gasteiger partial charge is 0.140 e. The van der Waals surface area contributed by atoms with E-state index in [1.807, 2.05) is 26.0 Å². The first kappa shape index (κ1) is 14.0. The van der Waals surface area contributed by atoms with E-state index >= 15 is 0 Å². The highest BCUT2D eigenvalue weighted by atomic mass is 32.1. The molecule has 1 heterocycles. The van der Waals surface area contributed by atoms with Gasteiger partial charge >= 0.3 is 0 Å². The summed E-state index contributed by atoms with van der Waals surface area (Å²) in [5.41, 5.74) is 9.31. The lowest BCUT2D eigenvalue weighted by Gasteiger charge is -2.14. The van der Waals surface area contributed by atoms with Crippen LogP contribution in [0.5, 0.6) is 5.75 Å². The minimum Gasteiger partial charge on any atom is -0.486 e. The molecule has 4 heteroatoms. The normalized spacial score (nSPS) is 12.5. The number of aromatic nitrogens is 1. The fourth-order valence-electron chi connectivity index (χ4n) is 1.90. The van der Waals surface area contributed by atoms with Crippen LogP contribution in [0.1, 0.15) is 39.7 Å². The van der Waals surface area contributed by atoms with E-state index in [-0.39, 0.29) is 6.04 Å². The first-order valence-electron chi connectivity index (χ1n) is 6.39. The van der Waals surface area contributed by atoms with Crippen LogP contribution in [-0.4, -0.2) is 4.98 Å². The molecule has 1 aromatic carbocycles. The molecule has 19 heavy (non-hydrogen) atoms. The van der Waals surface area contributed by atoms with Gasteiger partial charge in [0.15, 0.2) is 0 Å². The zero-order valence-electron chi connectivity index (χ0n) is 11.9. The van der Waals surface area contributed by atoms with E-state index < -0.39 is 0 Å². The third-order valence-electron chi connectivity index (χ3n) is 3.08. The van der Waals surface area contributed by atoms with Gasteiger partial charge in [-0.3, -0.25) is 0 Å². The van der Waals surface area contributed by atoms with Crippen molar-refractivity contribution in [2.75, 3.05) is 0 Å². The monoisotopic (exact) mass is 276 g/mol. The molecule has 102 valence electrons. The predicted octanol–water partition coefficient (Wildman–Crippen LogP) is 3.67. The van der Waals surface area contributed by atoms with Gasteiger partial charge in [0.2, 0.25) is 0 Å². The minimum atomic E-state index is -0.0327. The third-order valence-corrected chi connectivity index (χ3v) is 4.13. The number of nitrogens with zero attached hydrogens (tertiary/aromatic N) is 1. The summed E-state index contributed by atoms with van der Waals surface area (Å²) in [5, 5.41) is 1.01. The molecule has 1 atom stereocenters. The SMILES string of the molecule is Cc1ccc(OCc2nc(C)c(C)s2)c(C(C)N)c1. The molecule has 0 spiro atoms. The van der Waals surface area contributed by atoms with Crippen LogP contribution in [0, 0.1) is 20.8 Å². The van der Waals surface area contributed by atoms with Gasteiger partial charge in [-0.15, -0.1) is 11.3 Å². The van der Waals surface area contributed by atoms with E-state index in [2.05, 4.69) is 24.9 Å². The summed E-state index contributed by atoms with van der Waals surface area (Å²) in [6.45, 7) is 8.63. The molecule has 0 radical (unpaired) electrons. The van der Waals surface area contributed by atoms with Gasteiger partial charge < -0.3 is 10.5 Å². The standard InChI is InChI=1S/C15H20N2OS/c1-9-5-6-14(13(7-9)10(2)16)18-8-15-17-11(3)12(4)19-15/h5-7,10H,8,16H2,1-4H3. The molecule has 1 unspecified atom stereocenters. The van der Waals surface area contributed by atoms with Gasteiger partial charge in [0.25, 0.3) is 0 Å². The Balaban J connectivity index is 2.15. The Bertz CT molecular complexity index is 556. The maximum atomic E-state index is 5.99. The lowest BCUT2D eigenvalue weighted by molar-refractivity contribution is 0.300. The van der Waals surface area contributed by atoms with Crippen LogP contribution in [0.2, 0.25) is 0 Å². The van der Waals surface area contributed by atoms with Gasteiger partial charge in [-0.05, 0) is 33.8 Å². The highest BCUT2D eigenvalue weighted by Crippen LogP contribution is 2.26. The van der Waals surface area contributed by atoms with Crippen LogP contribution in [-0.2, 0) is 6.61 Å². The number of rotatable bonds is 4. The molecule has 0 aliphatic rings. The molecule has 3 nitrogen and oxygen atoms in total. The van der Waals surface area contributed by atoms with Crippen molar-refractivity contribution in [2.45, 2.75) is 40.3 Å². The van der Waals surface area contributed by atoms with Crippen molar-refractivity contribution in [1.82, 2.24) is 4.98 Å². The maximum absolute atomic E-state index is 5.99. The summed E-state index contributed by atoms with van der Waals surface area (Å²) in [7, 11) is 0. The molecule has 2 aromatic rings. The van der Waals surface area contributed by atoms with Crippen molar-refractivity contribution in [3.8, 4) is 5.75 Å². The van der Waals surface area contributed by atoms with E-state index in [4.69, 9.17) is 10.5 Å². The topological polar surface area (TPSA) is 48.1 Å². The van der Waals surface area contributed by atoms with Crippen molar-refractivity contribution < 1.29 is 4.74 Å².